The van der Waals surface area contributed by atoms with Gasteiger partial charge >= 0.3 is 5.97 Å². The normalized spacial score (nSPS) is 37.6. The zero-order valence-corrected chi connectivity index (χ0v) is 20.1. The van der Waals surface area contributed by atoms with Gasteiger partial charge in [-0.1, -0.05) is 47.5 Å². The predicted molar refractivity (Wildman–Crippen MR) is 122 cm³/mol. The Kier molecular flexibility index (Phi) is 9.67. The van der Waals surface area contributed by atoms with Crippen LogP contribution in [0, 0.1) is 40.9 Å². The fourth-order valence-electron chi connectivity index (χ4n) is 6.78. The average molecular weight is 425 g/mol. The van der Waals surface area contributed by atoms with Crippen LogP contribution >= 0.6 is 0 Å². The quantitative estimate of drug-likeness (QED) is 0.386. The summed E-state index contributed by atoms with van der Waals surface area (Å²) in [6.07, 6.45) is 10.0. The van der Waals surface area contributed by atoms with Crippen LogP contribution in [0.1, 0.15) is 105 Å². The first-order valence-electron chi connectivity index (χ1n) is 12.6. The van der Waals surface area contributed by atoms with Crippen LogP contribution in [-0.2, 0) is 4.79 Å². The van der Waals surface area contributed by atoms with E-state index < -0.39 is 5.97 Å². The summed E-state index contributed by atoms with van der Waals surface area (Å²) in [5, 5.41) is 29.8. The van der Waals surface area contributed by atoms with Crippen LogP contribution in [0.5, 0.6) is 0 Å². The van der Waals surface area contributed by atoms with Crippen LogP contribution in [-0.4, -0.2) is 33.5 Å². The van der Waals surface area contributed by atoms with Crippen LogP contribution in [0.25, 0.3) is 0 Å². The second-order valence-electron chi connectivity index (χ2n) is 11.4. The molecule has 9 atom stereocenters. The Morgan fingerprint density at radius 2 is 1.80 bits per heavy atom. The number of aliphatic carboxylic acids is 1. The molecule has 0 bridgehead atoms. The zero-order valence-electron chi connectivity index (χ0n) is 20.1. The third-order valence-electron chi connectivity index (χ3n) is 9.16. The van der Waals surface area contributed by atoms with Gasteiger partial charge in [-0.3, -0.25) is 4.79 Å². The van der Waals surface area contributed by atoms with E-state index in [-0.39, 0.29) is 24.5 Å². The third kappa shape index (κ3) is 6.69. The fraction of sp³-hybridized carbons (Fsp3) is 0.962. The number of rotatable bonds is 11. The largest absolute Gasteiger partial charge is 0.481 e. The lowest BCUT2D eigenvalue weighted by Gasteiger charge is -2.39. The molecule has 0 spiro atoms. The highest BCUT2D eigenvalue weighted by Crippen LogP contribution is 2.54. The highest BCUT2D eigenvalue weighted by Gasteiger charge is 2.45. The molecule has 0 radical (unpaired) electrons. The Balaban J connectivity index is 1.82. The summed E-state index contributed by atoms with van der Waals surface area (Å²) in [5.74, 6) is 2.34. The highest BCUT2D eigenvalue weighted by molar-refractivity contribution is 5.66. The molecule has 3 N–H and O–H groups in total. The monoisotopic (exact) mass is 424 g/mol. The maximum atomic E-state index is 11.0. The van der Waals surface area contributed by atoms with Gasteiger partial charge in [-0.05, 0) is 92.3 Å². The number of carbonyl (C=O) groups is 1. The van der Waals surface area contributed by atoms with Crippen molar-refractivity contribution in [2.75, 3.05) is 0 Å². The molecule has 4 nitrogen and oxygen atoms in total. The van der Waals surface area contributed by atoms with E-state index in [4.69, 9.17) is 5.11 Å². The van der Waals surface area contributed by atoms with Crippen LogP contribution < -0.4 is 0 Å². The van der Waals surface area contributed by atoms with Gasteiger partial charge in [-0.2, -0.15) is 0 Å². The second kappa shape index (κ2) is 11.3. The highest BCUT2D eigenvalue weighted by atomic mass is 16.4. The Labute approximate surface area is 184 Å². The minimum absolute atomic E-state index is 0.236. The molecule has 4 heteroatoms. The number of carboxylic acids is 1. The Morgan fingerprint density at radius 3 is 2.47 bits per heavy atom. The summed E-state index contributed by atoms with van der Waals surface area (Å²) in [7, 11) is 0. The van der Waals surface area contributed by atoms with Crippen molar-refractivity contribution in [1.29, 1.82) is 0 Å². The first-order chi connectivity index (χ1) is 14.0. The number of aliphatic hydroxyl groups is 2. The summed E-state index contributed by atoms with van der Waals surface area (Å²) in [5.41, 5.74) is 0.304. The number of aliphatic hydroxyl groups excluding tert-OH is 2. The molecule has 2 aliphatic rings. The molecule has 2 aliphatic carbocycles. The van der Waals surface area contributed by atoms with Crippen LogP contribution in [0.15, 0.2) is 0 Å². The van der Waals surface area contributed by atoms with E-state index in [0.29, 0.717) is 35.0 Å². The molecule has 2 rings (SSSR count). The first-order valence-corrected chi connectivity index (χ1v) is 12.6. The lowest BCUT2D eigenvalue weighted by atomic mass is 9.66. The standard InChI is InChI=1S/C26H48O4/c1-17(15-24(28)22-16-21(27)11-8-18(22)2)7-6-14-26(5)20(4)10-12-23(26)19(3)9-13-25(29)30/h17-24,27-28H,6-16H2,1-5H3,(H,29,30). The molecule has 0 saturated heterocycles. The van der Waals surface area contributed by atoms with Crippen molar-refractivity contribution in [1.82, 2.24) is 0 Å². The summed E-state index contributed by atoms with van der Waals surface area (Å²) >= 11 is 0. The SMILES string of the molecule is CC(CCCC1(C)C(C)CCC1C(C)CCC(=O)O)CC(O)C1CC(O)CCC1C. The van der Waals surface area contributed by atoms with E-state index in [9.17, 15) is 15.0 Å². The van der Waals surface area contributed by atoms with Crippen molar-refractivity contribution in [3.8, 4) is 0 Å². The van der Waals surface area contributed by atoms with Crippen molar-refractivity contribution < 1.29 is 20.1 Å². The lowest BCUT2D eigenvalue weighted by molar-refractivity contribution is -0.137. The molecule has 0 aromatic rings. The molecule has 176 valence electrons. The molecule has 2 saturated carbocycles. The summed E-state index contributed by atoms with van der Waals surface area (Å²) in [4.78, 5) is 11.0. The van der Waals surface area contributed by atoms with E-state index in [1.807, 2.05) is 0 Å². The van der Waals surface area contributed by atoms with E-state index >= 15 is 0 Å². The Bertz CT molecular complexity index is 535. The van der Waals surface area contributed by atoms with Crippen molar-refractivity contribution in [2.45, 2.75) is 117 Å². The third-order valence-corrected chi connectivity index (χ3v) is 9.16. The molecule has 2 fully saturated rings. The molecule has 0 aliphatic heterocycles. The van der Waals surface area contributed by atoms with Crippen molar-refractivity contribution in [2.24, 2.45) is 40.9 Å². The topological polar surface area (TPSA) is 77.8 Å². The van der Waals surface area contributed by atoms with Gasteiger partial charge in [0.15, 0.2) is 0 Å². The molecular weight excluding hydrogens is 376 g/mol. The van der Waals surface area contributed by atoms with Crippen LogP contribution in [0.4, 0.5) is 0 Å². The maximum absolute atomic E-state index is 11.0. The van der Waals surface area contributed by atoms with Gasteiger partial charge in [-0.15, -0.1) is 0 Å². The first kappa shape index (κ1) is 25.6. The summed E-state index contributed by atoms with van der Waals surface area (Å²) < 4.78 is 0. The van der Waals surface area contributed by atoms with Gasteiger partial charge in [0.05, 0.1) is 12.2 Å². The zero-order chi connectivity index (χ0) is 22.5. The fourth-order valence-corrected chi connectivity index (χ4v) is 6.78. The van der Waals surface area contributed by atoms with Gasteiger partial charge in [-0.25, -0.2) is 0 Å². The molecule has 0 aromatic heterocycles. The minimum atomic E-state index is -0.679. The van der Waals surface area contributed by atoms with Gasteiger partial charge in [0.2, 0.25) is 0 Å². The molecular formula is C26H48O4. The molecule has 30 heavy (non-hydrogen) atoms. The van der Waals surface area contributed by atoms with Crippen LogP contribution in [0.2, 0.25) is 0 Å². The summed E-state index contributed by atoms with van der Waals surface area (Å²) in [6, 6.07) is 0. The van der Waals surface area contributed by atoms with E-state index in [0.717, 1.165) is 38.5 Å². The number of carboxylic acid groups (broad SMARTS) is 1. The second-order valence-corrected chi connectivity index (χ2v) is 11.4. The number of hydrogen-bond donors (Lipinski definition) is 3. The van der Waals surface area contributed by atoms with E-state index in [1.54, 1.807) is 0 Å². The van der Waals surface area contributed by atoms with E-state index in [2.05, 4.69) is 34.6 Å². The van der Waals surface area contributed by atoms with E-state index in [1.165, 1.54) is 25.7 Å². The Hall–Kier alpha value is -0.610. The Morgan fingerprint density at radius 1 is 1.10 bits per heavy atom. The van der Waals surface area contributed by atoms with Crippen LogP contribution in [0.3, 0.4) is 0 Å². The maximum Gasteiger partial charge on any atom is 0.303 e. The van der Waals surface area contributed by atoms with Crippen molar-refractivity contribution >= 4 is 5.97 Å². The minimum Gasteiger partial charge on any atom is -0.481 e. The smallest absolute Gasteiger partial charge is 0.303 e. The summed E-state index contributed by atoms with van der Waals surface area (Å²) in [6.45, 7) is 11.6. The molecule has 0 heterocycles. The molecule has 0 amide bonds. The lowest BCUT2D eigenvalue weighted by Crippen LogP contribution is -2.35. The van der Waals surface area contributed by atoms with Gasteiger partial charge in [0.1, 0.15) is 0 Å². The molecule has 0 aromatic carbocycles. The molecule has 9 unspecified atom stereocenters. The van der Waals surface area contributed by atoms with Gasteiger partial charge < -0.3 is 15.3 Å². The van der Waals surface area contributed by atoms with Gasteiger partial charge in [0.25, 0.3) is 0 Å². The van der Waals surface area contributed by atoms with Crippen molar-refractivity contribution in [3.05, 3.63) is 0 Å². The van der Waals surface area contributed by atoms with Crippen molar-refractivity contribution in [3.63, 3.8) is 0 Å². The average Bonchev–Trinajstić information content (AvgIpc) is 2.96. The number of hydrogen-bond acceptors (Lipinski definition) is 3. The predicted octanol–water partition coefficient (Wildman–Crippen LogP) is 5.89. The van der Waals surface area contributed by atoms with Gasteiger partial charge in [0, 0.05) is 6.42 Å².